The van der Waals surface area contributed by atoms with E-state index in [2.05, 4.69) is 29.5 Å². The number of nitro benzene ring substituents is 1. The molecule has 0 aliphatic heterocycles. The molecule has 134 valence electrons. The molecule has 0 saturated heterocycles. The van der Waals surface area contributed by atoms with E-state index in [1.54, 1.807) is 12.1 Å². The second-order valence-corrected chi connectivity index (χ2v) is 5.84. The normalized spacial score (nSPS) is 11.6. The summed E-state index contributed by atoms with van der Waals surface area (Å²) in [7, 11) is 0. The van der Waals surface area contributed by atoms with Gasteiger partial charge in [-0.3, -0.25) is 10.1 Å². The number of nitrogens with one attached hydrogen (secondary N) is 2. The molecule has 1 aromatic rings. The van der Waals surface area contributed by atoms with Crippen molar-refractivity contribution in [1.82, 2.24) is 10.6 Å². The van der Waals surface area contributed by atoms with Crippen molar-refractivity contribution in [1.29, 1.82) is 0 Å². The molecule has 0 spiro atoms. The SMILES string of the molecule is CCOCCCNC(=NCc1ccc([N+](=O)[O-])cc1)NCC(C)C. The van der Waals surface area contributed by atoms with Gasteiger partial charge in [0, 0.05) is 38.4 Å². The molecule has 0 atom stereocenters. The van der Waals surface area contributed by atoms with E-state index in [9.17, 15) is 10.1 Å². The maximum atomic E-state index is 10.7. The second-order valence-electron chi connectivity index (χ2n) is 5.84. The molecular weight excluding hydrogens is 308 g/mol. The first-order valence-corrected chi connectivity index (χ1v) is 8.36. The largest absolute Gasteiger partial charge is 0.382 e. The van der Waals surface area contributed by atoms with Crippen LogP contribution in [0.15, 0.2) is 29.3 Å². The van der Waals surface area contributed by atoms with Crippen molar-refractivity contribution in [3.63, 3.8) is 0 Å². The average Bonchev–Trinajstić information content (AvgIpc) is 2.56. The molecule has 0 radical (unpaired) electrons. The number of nitro groups is 1. The van der Waals surface area contributed by atoms with Gasteiger partial charge in [-0.05, 0) is 24.8 Å². The zero-order valence-electron chi connectivity index (χ0n) is 14.7. The number of hydrogen-bond donors (Lipinski definition) is 2. The lowest BCUT2D eigenvalue weighted by Gasteiger charge is -2.14. The van der Waals surface area contributed by atoms with Crippen LogP contribution in [-0.2, 0) is 11.3 Å². The predicted octanol–water partition coefficient (Wildman–Crippen LogP) is 2.71. The van der Waals surface area contributed by atoms with E-state index in [0.29, 0.717) is 12.5 Å². The van der Waals surface area contributed by atoms with Gasteiger partial charge in [-0.1, -0.05) is 26.0 Å². The number of non-ortho nitro benzene ring substituents is 1. The third kappa shape index (κ3) is 8.47. The van der Waals surface area contributed by atoms with Gasteiger partial charge in [0.05, 0.1) is 11.5 Å². The molecule has 24 heavy (non-hydrogen) atoms. The molecule has 7 heteroatoms. The molecule has 0 bridgehead atoms. The molecule has 0 aliphatic carbocycles. The van der Waals surface area contributed by atoms with Crippen molar-refractivity contribution in [2.24, 2.45) is 10.9 Å². The van der Waals surface area contributed by atoms with Crippen molar-refractivity contribution < 1.29 is 9.66 Å². The Kier molecular flexibility index (Phi) is 9.45. The smallest absolute Gasteiger partial charge is 0.269 e. The summed E-state index contributed by atoms with van der Waals surface area (Å²) in [4.78, 5) is 14.8. The highest BCUT2D eigenvalue weighted by Gasteiger charge is 2.04. The summed E-state index contributed by atoms with van der Waals surface area (Å²) in [5, 5.41) is 17.3. The molecule has 7 nitrogen and oxygen atoms in total. The molecule has 1 aromatic carbocycles. The summed E-state index contributed by atoms with van der Waals surface area (Å²) in [6, 6.07) is 6.47. The van der Waals surface area contributed by atoms with E-state index in [1.165, 1.54) is 12.1 Å². The fourth-order valence-corrected chi connectivity index (χ4v) is 1.89. The molecule has 0 unspecified atom stereocenters. The third-order valence-electron chi connectivity index (χ3n) is 3.21. The number of hydrogen-bond acceptors (Lipinski definition) is 4. The van der Waals surface area contributed by atoms with Gasteiger partial charge in [0.25, 0.3) is 5.69 Å². The molecule has 0 fully saturated rings. The third-order valence-corrected chi connectivity index (χ3v) is 3.21. The summed E-state index contributed by atoms with van der Waals surface area (Å²) < 4.78 is 5.32. The van der Waals surface area contributed by atoms with Gasteiger partial charge in [0.15, 0.2) is 5.96 Å². The second kappa shape index (κ2) is 11.4. The van der Waals surface area contributed by atoms with Gasteiger partial charge in [-0.25, -0.2) is 4.99 Å². The van der Waals surface area contributed by atoms with E-state index in [-0.39, 0.29) is 5.69 Å². The lowest BCUT2D eigenvalue weighted by atomic mass is 10.2. The van der Waals surface area contributed by atoms with Crippen LogP contribution in [0.5, 0.6) is 0 Å². The van der Waals surface area contributed by atoms with Crippen LogP contribution in [0.1, 0.15) is 32.8 Å². The Morgan fingerprint density at radius 1 is 1.29 bits per heavy atom. The maximum Gasteiger partial charge on any atom is 0.269 e. The van der Waals surface area contributed by atoms with Crippen molar-refractivity contribution in [2.75, 3.05) is 26.3 Å². The number of nitrogens with zero attached hydrogens (tertiary/aromatic N) is 2. The number of rotatable bonds is 10. The Labute approximate surface area is 143 Å². The maximum absolute atomic E-state index is 10.7. The Bertz CT molecular complexity index is 515. The van der Waals surface area contributed by atoms with Gasteiger partial charge in [-0.2, -0.15) is 0 Å². The molecular formula is C17H28N4O3. The zero-order chi connectivity index (χ0) is 17.8. The van der Waals surface area contributed by atoms with Crippen molar-refractivity contribution in [3.8, 4) is 0 Å². The van der Waals surface area contributed by atoms with Gasteiger partial charge in [-0.15, -0.1) is 0 Å². The Morgan fingerprint density at radius 3 is 2.58 bits per heavy atom. The predicted molar refractivity (Wildman–Crippen MR) is 96.2 cm³/mol. The summed E-state index contributed by atoms with van der Waals surface area (Å²) in [6.07, 6.45) is 0.910. The van der Waals surface area contributed by atoms with Crippen LogP contribution in [0.2, 0.25) is 0 Å². The average molecular weight is 336 g/mol. The van der Waals surface area contributed by atoms with E-state index in [0.717, 1.165) is 44.2 Å². The molecule has 0 amide bonds. The summed E-state index contributed by atoms with van der Waals surface area (Å²) in [5.74, 6) is 1.26. The van der Waals surface area contributed by atoms with E-state index in [1.807, 2.05) is 6.92 Å². The van der Waals surface area contributed by atoms with Crippen LogP contribution in [0, 0.1) is 16.0 Å². The van der Waals surface area contributed by atoms with Crippen LogP contribution in [0.4, 0.5) is 5.69 Å². The molecule has 0 saturated carbocycles. The van der Waals surface area contributed by atoms with Crippen molar-refractivity contribution >= 4 is 11.6 Å². The monoisotopic (exact) mass is 336 g/mol. The van der Waals surface area contributed by atoms with Crippen LogP contribution >= 0.6 is 0 Å². The zero-order valence-corrected chi connectivity index (χ0v) is 14.7. The number of guanidine groups is 1. The van der Waals surface area contributed by atoms with Gasteiger partial charge >= 0.3 is 0 Å². The van der Waals surface area contributed by atoms with E-state index >= 15 is 0 Å². The lowest BCUT2D eigenvalue weighted by Crippen LogP contribution is -2.39. The van der Waals surface area contributed by atoms with E-state index < -0.39 is 4.92 Å². The Morgan fingerprint density at radius 2 is 2.00 bits per heavy atom. The highest BCUT2D eigenvalue weighted by atomic mass is 16.6. The van der Waals surface area contributed by atoms with E-state index in [4.69, 9.17) is 4.74 Å². The highest BCUT2D eigenvalue weighted by molar-refractivity contribution is 5.79. The lowest BCUT2D eigenvalue weighted by molar-refractivity contribution is -0.384. The number of ether oxygens (including phenoxy) is 1. The molecule has 1 rings (SSSR count). The summed E-state index contributed by atoms with van der Waals surface area (Å²) >= 11 is 0. The fraction of sp³-hybridized carbons (Fsp3) is 0.588. The van der Waals surface area contributed by atoms with Crippen molar-refractivity contribution in [3.05, 3.63) is 39.9 Å². The summed E-state index contributed by atoms with van der Waals surface area (Å²) in [5.41, 5.74) is 1.02. The Hall–Kier alpha value is -2.15. The minimum absolute atomic E-state index is 0.0925. The molecule has 0 aliphatic rings. The minimum atomic E-state index is -0.400. The summed E-state index contributed by atoms with van der Waals surface area (Å²) in [6.45, 7) is 9.79. The van der Waals surface area contributed by atoms with Crippen molar-refractivity contribution in [2.45, 2.75) is 33.7 Å². The first kappa shape index (κ1) is 19.9. The number of aliphatic imine (C=N–C) groups is 1. The van der Waals surface area contributed by atoms with Crippen LogP contribution < -0.4 is 10.6 Å². The number of benzene rings is 1. The minimum Gasteiger partial charge on any atom is -0.382 e. The highest BCUT2D eigenvalue weighted by Crippen LogP contribution is 2.12. The molecule has 0 heterocycles. The van der Waals surface area contributed by atoms with Gasteiger partial charge in [0.1, 0.15) is 0 Å². The first-order valence-electron chi connectivity index (χ1n) is 8.36. The quantitative estimate of drug-likeness (QED) is 0.225. The molecule has 2 N–H and O–H groups in total. The van der Waals surface area contributed by atoms with Gasteiger partial charge in [0.2, 0.25) is 0 Å². The standard InChI is InChI=1S/C17H28N4O3/c1-4-24-11-5-10-18-17(19-12-14(2)3)20-13-15-6-8-16(9-7-15)21(22)23/h6-9,14H,4-5,10-13H2,1-3H3,(H2,18,19,20). The first-order chi connectivity index (χ1) is 11.5. The van der Waals surface area contributed by atoms with Crippen LogP contribution in [-0.4, -0.2) is 37.2 Å². The molecule has 0 aromatic heterocycles. The topological polar surface area (TPSA) is 88.8 Å². The van der Waals surface area contributed by atoms with Crippen LogP contribution in [0.25, 0.3) is 0 Å². The van der Waals surface area contributed by atoms with Gasteiger partial charge < -0.3 is 15.4 Å². The van der Waals surface area contributed by atoms with Crippen LogP contribution in [0.3, 0.4) is 0 Å². The Balaban J connectivity index is 2.56. The fourth-order valence-electron chi connectivity index (χ4n) is 1.89.